The van der Waals surface area contributed by atoms with E-state index in [2.05, 4.69) is 28.4 Å². The number of hydrogen-bond acceptors (Lipinski definition) is 3. The Morgan fingerprint density at radius 1 is 1.37 bits per heavy atom. The van der Waals surface area contributed by atoms with Crippen LogP contribution in [0.2, 0.25) is 0 Å². The normalized spacial score (nSPS) is 29.2. The van der Waals surface area contributed by atoms with Gasteiger partial charge in [0.15, 0.2) is 5.65 Å². The maximum Gasteiger partial charge on any atom is 0.157 e. The number of nitrogens with one attached hydrogen (secondary N) is 1. The second kappa shape index (κ2) is 4.22. The van der Waals surface area contributed by atoms with Crippen molar-refractivity contribution in [3.05, 3.63) is 24.0 Å². The van der Waals surface area contributed by atoms with Crippen LogP contribution in [0.5, 0.6) is 0 Å². The van der Waals surface area contributed by atoms with Gasteiger partial charge < -0.3 is 5.32 Å². The molecule has 4 heteroatoms. The highest BCUT2D eigenvalue weighted by Crippen LogP contribution is 2.45. The molecule has 4 nitrogen and oxygen atoms in total. The predicted octanol–water partition coefficient (Wildman–Crippen LogP) is 2.89. The zero-order valence-electron chi connectivity index (χ0n) is 11.3. The number of anilines is 1. The minimum Gasteiger partial charge on any atom is -0.367 e. The van der Waals surface area contributed by atoms with Crippen molar-refractivity contribution in [2.45, 2.75) is 45.1 Å². The van der Waals surface area contributed by atoms with Gasteiger partial charge in [0.05, 0.1) is 6.20 Å². The SMILES string of the molecule is CCc1cc(N[C@@H]2C[C@H]3CC[C@@H]2C3)n2nccc2n1. The number of nitrogens with zero attached hydrogens (tertiary/aromatic N) is 3. The third-order valence-corrected chi connectivity index (χ3v) is 4.85. The lowest BCUT2D eigenvalue weighted by Gasteiger charge is -2.24. The molecule has 2 aromatic rings. The van der Waals surface area contributed by atoms with Crippen LogP contribution in [0, 0.1) is 11.8 Å². The molecule has 2 fully saturated rings. The van der Waals surface area contributed by atoms with E-state index in [9.17, 15) is 0 Å². The second-order valence-electron chi connectivity index (χ2n) is 6.01. The van der Waals surface area contributed by atoms with E-state index in [1.807, 2.05) is 16.8 Å². The van der Waals surface area contributed by atoms with Gasteiger partial charge in [-0.15, -0.1) is 0 Å². The highest BCUT2D eigenvalue weighted by molar-refractivity contribution is 5.49. The molecule has 2 aliphatic carbocycles. The molecule has 0 aliphatic heterocycles. The molecule has 0 radical (unpaired) electrons. The van der Waals surface area contributed by atoms with Crippen molar-refractivity contribution in [3.8, 4) is 0 Å². The van der Waals surface area contributed by atoms with Crippen molar-refractivity contribution in [1.82, 2.24) is 14.6 Å². The molecular formula is C15H20N4. The van der Waals surface area contributed by atoms with Gasteiger partial charge in [-0.25, -0.2) is 4.98 Å². The van der Waals surface area contributed by atoms with E-state index >= 15 is 0 Å². The fourth-order valence-corrected chi connectivity index (χ4v) is 3.86. The Bertz CT molecular complexity index is 603. The van der Waals surface area contributed by atoms with Crippen LogP contribution in [-0.4, -0.2) is 20.6 Å². The summed E-state index contributed by atoms with van der Waals surface area (Å²) in [4.78, 5) is 4.60. The minimum atomic E-state index is 0.637. The van der Waals surface area contributed by atoms with E-state index in [0.717, 1.165) is 35.4 Å². The van der Waals surface area contributed by atoms with Gasteiger partial charge in [-0.05, 0) is 37.5 Å². The van der Waals surface area contributed by atoms with E-state index < -0.39 is 0 Å². The maximum absolute atomic E-state index is 4.60. The Hall–Kier alpha value is -1.58. The average molecular weight is 256 g/mol. The standard InChI is InChI=1S/C15H20N4/c1-2-12-9-15(19-14(17-12)5-6-16-19)18-13-8-10-3-4-11(13)7-10/h5-6,9-11,13,18H,2-4,7-8H2,1H3/t10-,11+,13+/m0/s1. The Balaban J connectivity index is 1.68. The summed E-state index contributed by atoms with van der Waals surface area (Å²) in [5.74, 6) is 2.95. The molecule has 4 rings (SSSR count). The number of aryl methyl sites for hydroxylation is 1. The highest BCUT2D eigenvalue weighted by atomic mass is 15.3. The van der Waals surface area contributed by atoms with Gasteiger partial charge in [0.2, 0.25) is 0 Å². The topological polar surface area (TPSA) is 42.2 Å². The predicted molar refractivity (Wildman–Crippen MR) is 75.2 cm³/mol. The monoisotopic (exact) mass is 256 g/mol. The molecule has 19 heavy (non-hydrogen) atoms. The molecule has 0 aromatic carbocycles. The Morgan fingerprint density at radius 3 is 3.05 bits per heavy atom. The summed E-state index contributed by atoms with van der Waals surface area (Å²) >= 11 is 0. The van der Waals surface area contributed by atoms with Crippen LogP contribution in [0.4, 0.5) is 5.82 Å². The highest BCUT2D eigenvalue weighted by Gasteiger charge is 2.39. The molecule has 0 saturated heterocycles. The fraction of sp³-hybridized carbons (Fsp3) is 0.600. The summed E-state index contributed by atoms with van der Waals surface area (Å²) in [5.41, 5.74) is 2.09. The third kappa shape index (κ3) is 1.81. The maximum atomic E-state index is 4.60. The smallest absolute Gasteiger partial charge is 0.157 e. The summed E-state index contributed by atoms with van der Waals surface area (Å²) in [6.07, 6.45) is 8.39. The summed E-state index contributed by atoms with van der Waals surface area (Å²) < 4.78 is 1.94. The van der Waals surface area contributed by atoms with E-state index in [-0.39, 0.29) is 0 Å². The first-order valence-electron chi connectivity index (χ1n) is 7.43. The van der Waals surface area contributed by atoms with Crippen LogP contribution in [0.1, 0.15) is 38.3 Å². The van der Waals surface area contributed by atoms with Crippen LogP contribution in [0.25, 0.3) is 5.65 Å². The molecule has 0 spiro atoms. The lowest BCUT2D eigenvalue weighted by atomic mass is 9.95. The van der Waals surface area contributed by atoms with Gasteiger partial charge in [-0.2, -0.15) is 9.61 Å². The van der Waals surface area contributed by atoms with E-state index in [4.69, 9.17) is 0 Å². The van der Waals surface area contributed by atoms with Crippen molar-refractivity contribution < 1.29 is 0 Å². The minimum absolute atomic E-state index is 0.637. The van der Waals surface area contributed by atoms with Crippen molar-refractivity contribution in [3.63, 3.8) is 0 Å². The quantitative estimate of drug-likeness (QED) is 0.918. The van der Waals surface area contributed by atoms with Crippen molar-refractivity contribution in [2.24, 2.45) is 11.8 Å². The third-order valence-electron chi connectivity index (χ3n) is 4.85. The molecule has 100 valence electrons. The van der Waals surface area contributed by atoms with Crippen LogP contribution in [0.15, 0.2) is 18.3 Å². The zero-order chi connectivity index (χ0) is 12.8. The van der Waals surface area contributed by atoms with Gasteiger partial charge in [-0.1, -0.05) is 13.3 Å². The lowest BCUT2D eigenvalue weighted by molar-refractivity contribution is 0.438. The number of hydrogen-bond donors (Lipinski definition) is 1. The summed E-state index contributed by atoms with van der Waals surface area (Å²) in [7, 11) is 0. The molecule has 1 N–H and O–H groups in total. The van der Waals surface area contributed by atoms with Gasteiger partial charge >= 0.3 is 0 Å². The van der Waals surface area contributed by atoms with Crippen LogP contribution >= 0.6 is 0 Å². The van der Waals surface area contributed by atoms with Gasteiger partial charge in [0, 0.05) is 23.9 Å². The van der Waals surface area contributed by atoms with Crippen LogP contribution in [-0.2, 0) is 6.42 Å². The van der Waals surface area contributed by atoms with Gasteiger partial charge in [-0.3, -0.25) is 0 Å². The first kappa shape index (κ1) is 11.3. The van der Waals surface area contributed by atoms with E-state index in [1.165, 1.54) is 25.7 Å². The summed E-state index contributed by atoms with van der Waals surface area (Å²) in [5, 5.41) is 8.13. The molecule has 2 aliphatic rings. The van der Waals surface area contributed by atoms with Crippen LogP contribution < -0.4 is 5.32 Å². The molecule has 2 aromatic heterocycles. The van der Waals surface area contributed by atoms with Crippen LogP contribution in [0.3, 0.4) is 0 Å². The number of aromatic nitrogens is 3. The molecular weight excluding hydrogens is 236 g/mol. The van der Waals surface area contributed by atoms with E-state index in [0.29, 0.717) is 6.04 Å². The molecule has 0 unspecified atom stereocenters. The molecule has 2 heterocycles. The van der Waals surface area contributed by atoms with Gasteiger partial charge in [0.1, 0.15) is 5.82 Å². The number of fused-ring (bicyclic) bond motifs is 3. The summed E-state index contributed by atoms with van der Waals surface area (Å²) in [6, 6.07) is 4.77. The average Bonchev–Trinajstić information content (AvgIpc) is 3.13. The molecule has 2 saturated carbocycles. The lowest BCUT2D eigenvalue weighted by Crippen LogP contribution is -2.27. The molecule has 3 atom stereocenters. The van der Waals surface area contributed by atoms with Crippen molar-refractivity contribution in [2.75, 3.05) is 5.32 Å². The zero-order valence-corrected chi connectivity index (χ0v) is 11.3. The van der Waals surface area contributed by atoms with E-state index in [1.54, 1.807) is 0 Å². The molecule has 0 amide bonds. The summed E-state index contributed by atoms with van der Waals surface area (Å²) in [6.45, 7) is 2.15. The van der Waals surface area contributed by atoms with Gasteiger partial charge in [0.25, 0.3) is 0 Å². The second-order valence-corrected chi connectivity index (χ2v) is 6.01. The fourth-order valence-electron chi connectivity index (χ4n) is 3.86. The first-order valence-corrected chi connectivity index (χ1v) is 7.43. The molecule has 2 bridgehead atoms. The first-order chi connectivity index (χ1) is 9.33. The van der Waals surface area contributed by atoms with Crippen molar-refractivity contribution >= 4 is 11.5 Å². The Kier molecular flexibility index (Phi) is 2.50. The number of rotatable bonds is 3. The van der Waals surface area contributed by atoms with Crippen molar-refractivity contribution in [1.29, 1.82) is 0 Å². The Morgan fingerprint density at radius 2 is 2.32 bits per heavy atom. The largest absolute Gasteiger partial charge is 0.367 e. The Labute approximate surface area is 113 Å².